The summed E-state index contributed by atoms with van der Waals surface area (Å²) in [4.78, 5) is 3.76. The Morgan fingerprint density at radius 3 is 2.12 bits per heavy atom. The van der Waals surface area contributed by atoms with Gasteiger partial charge in [-0.05, 0) is 35.9 Å². The molecule has 1 aromatic heterocycles. The summed E-state index contributed by atoms with van der Waals surface area (Å²) in [5.74, 6) is -6.98. The van der Waals surface area contributed by atoms with Crippen molar-refractivity contribution in [2.24, 2.45) is 5.10 Å². The molecule has 0 spiro atoms. The van der Waals surface area contributed by atoms with Crippen LogP contribution in [-0.4, -0.2) is 28.4 Å². The second kappa shape index (κ2) is 8.88. The van der Waals surface area contributed by atoms with E-state index in [1.54, 1.807) is 0 Å². The molecular formula is C23H18F5N3O. The van der Waals surface area contributed by atoms with Crippen molar-refractivity contribution in [3.8, 4) is 11.1 Å². The number of aromatic nitrogens is 1. The van der Waals surface area contributed by atoms with E-state index in [9.17, 15) is 18.3 Å². The molecule has 32 heavy (non-hydrogen) atoms. The minimum atomic E-state index is -4.15. The van der Waals surface area contributed by atoms with Gasteiger partial charge in [0.25, 0.3) is 0 Å². The summed E-state index contributed by atoms with van der Waals surface area (Å²) in [6.07, 6.45) is 2.13. The van der Waals surface area contributed by atoms with E-state index in [-0.39, 0.29) is 0 Å². The van der Waals surface area contributed by atoms with Crippen LogP contribution < -0.4 is 0 Å². The summed E-state index contributed by atoms with van der Waals surface area (Å²) in [5, 5.41) is 15.4. The van der Waals surface area contributed by atoms with Gasteiger partial charge < -0.3 is 5.11 Å². The van der Waals surface area contributed by atoms with Gasteiger partial charge >= 0.3 is 5.92 Å². The average Bonchev–Trinajstić information content (AvgIpc) is 2.77. The molecule has 1 atom stereocenters. The number of nitrogens with zero attached hydrogens (tertiary/aromatic N) is 3. The average molecular weight is 447 g/mol. The van der Waals surface area contributed by atoms with E-state index in [1.165, 1.54) is 30.3 Å². The van der Waals surface area contributed by atoms with Crippen LogP contribution in [0.15, 0.2) is 78.7 Å². The van der Waals surface area contributed by atoms with Gasteiger partial charge in [0.2, 0.25) is 0 Å². The van der Waals surface area contributed by atoms with Crippen molar-refractivity contribution in [3.05, 3.63) is 102 Å². The number of pyridine rings is 1. The molecule has 0 saturated carbocycles. The van der Waals surface area contributed by atoms with Crippen molar-refractivity contribution in [2.75, 3.05) is 6.54 Å². The molecule has 2 aromatic carbocycles. The second-order valence-electron chi connectivity index (χ2n) is 6.92. The highest BCUT2D eigenvalue weighted by Gasteiger charge is 2.58. The van der Waals surface area contributed by atoms with E-state index >= 15 is 8.78 Å². The zero-order chi connectivity index (χ0) is 23.5. The van der Waals surface area contributed by atoms with E-state index in [1.807, 2.05) is 0 Å². The highest BCUT2D eigenvalue weighted by atomic mass is 19.3. The molecule has 3 aromatic rings. The van der Waals surface area contributed by atoms with Crippen LogP contribution >= 0.6 is 0 Å². The summed E-state index contributed by atoms with van der Waals surface area (Å²) in [6, 6.07) is 9.46. The fraction of sp³-hybridized carbons (Fsp3) is 0.130. The van der Waals surface area contributed by atoms with E-state index in [0.29, 0.717) is 17.2 Å². The Labute approximate surface area is 181 Å². The molecule has 9 heteroatoms. The van der Waals surface area contributed by atoms with Gasteiger partial charge in [-0.15, -0.1) is 0 Å². The molecule has 4 nitrogen and oxygen atoms in total. The molecule has 166 valence electrons. The van der Waals surface area contributed by atoms with Gasteiger partial charge in [-0.25, -0.2) is 13.2 Å². The van der Waals surface area contributed by atoms with E-state index < -0.39 is 46.8 Å². The molecule has 0 aliphatic rings. The first-order valence-electron chi connectivity index (χ1n) is 9.26. The summed E-state index contributed by atoms with van der Waals surface area (Å²) in [6.45, 7) is 5.65. The first-order valence-corrected chi connectivity index (χ1v) is 9.26. The van der Waals surface area contributed by atoms with Crippen LogP contribution in [0.5, 0.6) is 0 Å². The third-order valence-corrected chi connectivity index (χ3v) is 4.94. The smallest absolute Gasteiger partial charge is 0.323 e. The largest absolute Gasteiger partial charge is 0.377 e. The lowest BCUT2D eigenvalue weighted by molar-refractivity contribution is -0.205. The zero-order valence-corrected chi connectivity index (χ0v) is 16.7. The van der Waals surface area contributed by atoms with Crippen molar-refractivity contribution < 1.29 is 27.1 Å². The Hall–Kier alpha value is -3.59. The molecule has 0 saturated heterocycles. The molecule has 3 rings (SSSR count). The fourth-order valence-corrected chi connectivity index (χ4v) is 3.19. The number of aliphatic hydroxyl groups is 1. The Balaban J connectivity index is 2.09. The van der Waals surface area contributed by atoms with E-state index in [0.717, 1.165) is 35.6 Å². The number of hydrogen-bond acceptors (Lipinski definition) is 4. The van der Waals surface area contributed by atoms with Gasteiger partial charge in [0.05, 0.1) is 6.54 Å². The molecule has 1 N–H and O–H groups in total. The van der Waals surface area contributed by atoms with Gasteiger partial charge in [-0.2, -0.15) is 13.9 Å². The minimum absolute atomic E-state index is 0.390. The van der Waals surface area contributed by atoms with Crippen LogP contribution in [0.3, 0.4) is 0 Å². The minimum Gasteiger partial charge on any atom is -0.377 e. The number of hydrazone groups is 1. The van der Waals surface area contributed by atoms with Gasteiger partial charge in [-0.3, -0.25) is 9.99 Å². The number of halogens is 5. The van der Waals surface area contributed by atoms with Crippen molar-refractivity contribution in [2.45, 2.75) is 11.5 Å². The first-order chi connectivity index (χ1) is 15.1. The van der Waals surface area contributed by atoms with Gasteiger partial charge in [-0.1, -0.05) is 24.8 Å². The Morgan fingerprint density at radius 1 is 0.969 bits per heavy atom. The number of rotatable bonds is 8. The van der Waals surface area contributed by atoms with Crippen LogP contribution in [0.25, 0.3) is 11.1 Å². The Bertz CT molecular complexity index is 1110. The molecule has 0 bridgehead atoms. The van der Waals surface area contributed by atoms with Crippen molar-refractivity contribution >= 4 is 6.72 Å². The zero-order valence-electron chi connectivity index (χ0n) is 16.7. The molecule has 0 aliphatic carbocycles. The summed E-state index contributed by atoms with van der Waals surface area (Å²) in [7, 11) is 0. The van der Waals surface area contributed by atoms with Gasteiger partial charge in [0.1, 0.15) is 23.1 Å². The van der Waals surface area contributed by atoms with Crippen LogP contribution in [0, 0.1) is 17.5 Å². The third kappa shape index (κ3) is 4.24. The summed E-state index contributed by atoms with van der Waals surface area (Å²) < 4.78 is 72.3. The van der Waals surface area contributed by atoms with Crippen LogP contribution in [0.1, 0.15) is 11.3 Å². The topological polar surface area (TPSA) is 48.7 Å². The molecule has 1 unspecified atom stereocenters. The highest BCUT2D eigenvalue weighted by molar-refractivity contribution is 5.62. The lowest BCUT2D eigenvalue weighted by Crippen LogP contribution is -2.50. The number of hydrogen-bond donors (Lipinski definition) is 1. The monoisotopic (exact) mass is 447 g/mol. The molecular weight excluding hydrogens is 429 g/mol. The molecule has 0 fully saturated rings. The maximum Gasteiger partial charge on any atom is 0.323 e. The molecule has 0 amide bonds. The van der Waals surface area contributed by atoms with Crippen molar-refractivity contribution in [3.63, 3.8) is 0 Å². The molecule has 0 aliphatic heterocycles. The van der Waals surface area contributed by atoms with Gasteiger partial charge in [0, 0.05) is 36.3 Å². The van der Waals surface area contributed by atoms with Gasteiger partial charge in [0.15, 0.2) is 5.60 Å². The standard InChI is InChI=1S/C23H18F5N3O/c1-3-31(29-2)14-22(32,19-10-9-18(25)12-20(19)26)23(27,28)21-11-6-16(13-30-21)15-4-7-17(24)8-5-15/h3-13,32H,1-2,14H2. The van der Waals surface area contributed by atoms with Crippen molar-refractivity contribution in [1.29, 1.82) is 0 Å². The Morgan fingerprint density at radius 2 is 1.59 bits per heavy atom. The first kappa shape index (κ1) is 23.1. The predicted molar refractivity (Wildman–Crippen MR) is 110 cm³/mol. The quantitative estimate of drug-likeness (QED) is 0.293. The van der Waals surface area contributed by atoms with E-state index in [2.05, 4.69) is 23.4 Å². The number of benzene rings is 2. The molecule has 1 heterocycles. The Kier molecular flexibility index (Phi) is 6.40. The van der Waals surface area contributed by atoms with Crippen LogP contribution in [0.2, 0.25) is 0 Å². The lowest BCUT2D eigenvalue weighted by atomic mass is 9.84. The maximum atomic E-state index is 15.6. The third-order valence-electron chi connectivity index (χ3n) is 4.94. The lowest BCUT2D eigenvalue weighted by Gasteiger charge is -2.38. The molecule has 0 radical (unpaired) electrons. The maximum absolute atomic E-state index is 15.6. The highest BCUT2D eigenvalue weighted by Crippen LogP contribution is 2.46. The SMILES string of the molecule is C=CN(CC(O)(c1ccc(F)cc1F)C(F)(F)c1ccc(-c2ccc(F)cc2)cn1)N=C. The second-order valence-corrected chi connectivity index (χ2v) is 6.92. The summed E-state index contributed by atoms with van der Waals surface area (Å²) >= 11 is 0. The van der Waals surface area contributed by atoms with Crippen LogP contribution in [0.4, 0.5) is 22.0 Å². The number of alkyl halides is 2. The van der Waals surface area contributed by atoms with Crippen LogP contribution in [-0.2, 0) is 11.5 Å². The van der Waals surface area contributed by atoms with Crippen molar-refractivity contribution in [1.82, 2.24) is 9.99 Å². The van der Waals surface area contributed by atoms with E-state index in [4.69, 9.17) is 0 Å². The normalized spacial score (nSPS) is 13.3. The fourth-order valence-electron chi connectivity index (χ4n) is 3.19. The summed E-state index contributed by atoms with van der Waals surface area (Å²) in [5.41, 5.74) is -4.00. The predicted octanol–water partition coefficient (Wildman–Crippen LogP) is 5.21.